The lowest BCUT2D eigenvalue weighted by atomic mass is 10.1. The smallest absolute Gasteiger partial charge is 0.217 e. The number of anilines is 1. The summed E-state index contributed by atoms with van der Waals surface area (Å²) in [7, 11) is -3.26. The first kappa shape index (κ1) is 19.0. The van der Waals surface area contributed by atoms with Crippen LogP contribution in [0.15, 0.2) is 48.7 Å². The molecular formula is C17H23ClN2O3S. The van der Waals surface area contributed by atoms with Crippen LogP contribution in [0.25, 0.3) is 0 Å². The first-order chi connectivity index (χ1) is 11.6. The van der Waals surface area contributed by atoms with Gasteiger partial charge in [0.2, 0.25) is 10.0 Å². The van der Waals surface area contributed by atoms with Crippen molar-refractivity contribution in [3.8, 4) is 0 Å². The number of nitrogens with one attached hydrogen (secondary N) is 1. The predicted octanol–water partition coefficient (Wildman–Crippen LogP) is 3.31. The van der Waals surface area contributed by atoms with Crippen molar-refractivity contribution in [1.29, 1.82) is 0 Å². The fourth-order valence-electron chi connectivity index (χ4n) is 2.64. The first-order valence-corrected chi connectivity index (χ1v) is 9.91. The zero-order chi connectivity index (χ0) is 17.4. The summed E-state index contributed by atoms with van der Waals surface area (Å²) in [6.07, 6.45) is 4.54. The second kappa shape index (κ2) is 9.22. The third kappa shape index (κ3) is 5.34. The van der Waals surface area contributed by atoms with E-state index in [9.17, 15) is 8.42 Å². The van der Waals surface area contributed by atoms with Crippen molar-refractivity contribution in [1.82, 2.24) is 4.31 Å². The molecule has 1 fully saturated rings. The van der Waals surface area contributed by atoms with E-state index in [-0.39, 0.29) is 11.9 Å². The number of sulfonamides is 1. The van der Waals surface area contributed by atoms with E-state index in [0.717, 1.165) is 11.3 Å². The Kier molecular flexibility index (Phi) is 7.30. The highest BCUT2D eigenvalue weighted by Gasteiger charge is 2.27. The first-order valence-electron chi connectivity index (χ1n) is 7.87. The maximum absolute atomic E-state index is 12.1. The molecule has 0 radical (unpaired) electrons. The Morgan fingerprint density at radius 2 is 2.04 bits per heavy atom. The molecule has 0 spiro atoms. The molecule has 1 aromatic carbocycles. The Morgan fingerprint density at radius 1 is 1.33 bits per heavy atom. The molecule has 0 aliphatic carbocycles. The molecule has 0 unspecified atom stereocenters. The Balaban J connectivity index is 1.85. The van der Waals surface area contributed by atoms with Crippen LogP contribution in [0.1, 0.15) is 18.4 Å². The molecule has 0 aromatic heterocycles. The molecule has 0 saturated carbocycles. The number of nitrogens with zero attached hydrogens (tertiary/aromatic N) is 1. The summed E-state index contributed by atoms with van der Waals surface area (Å²) in [5, 5.41) is 3.09. The van der Waals surface area contributed by atoms with Crippen LogP contribution in [-0.2, 0) is 21.4 Å². The molecule has 1 saturated heterocycles. The Morgan fingerprint density at radius 3 is 2.71 bits per heavy atom. The van der Waals surface area contributed by atoms with Crippen molar-refractivity contribution in [2.75, 3.05) is 24.2 Å². The Labute approximate surface area is 149 Å². The lowest BCUT2D eigenvalue weighted by Crippen LogP contribution is -2.41. The van der Waals surface area contributed by atoms with Gasteiger partial charge in [-0.1, -0.05) is 42.5 Å². The number of rotatable bonds is 8. The van der Waals surface area contributed by atoms with Gasteiger partial charge in [-0.2, -0.15) is 0 Å². The van der Waals surface area contributed by atoms with Gasteiger partial charge in [-0.25, -0.2) is 12.7 Å². The number of benzene rings is 1. The van der Waals surface area contributed by atoms with E-state index in [1.807, 2.05) is 24.3 Å². The van der Waals surface area contributed by atoms with Gasteiger partial charge in [-0.05, 0) is 25.1 Å². The van der Waals surface area contributed by atoms with Gasteiger partial charge < -0.3 is 10.1 Å². The highest BCUT2D eigenvalue weighted by atomic mass is 35.5. The molecule has 2 rings (SSSR count). The van der Waals surface area contributed by atoms with Gasteiger partial charge in [0.05, 0.1) is 18.5 Å². The second-order valence-electron chi connectivity index (χ2n) is 5.56. The average molecular weight is 371 g/mol. The summed E-state index contributed by atoms with van der Waals surface area (Å²) in [6.45, 7) is 5.13. The fourth-order valence-corrected chi connectivity index (χ4v) is 4.16. The van der Waals surface area contributed by atoms with Crippen molar-refractivity contribution in [2.24, 2.45) is 0 Å². The van der Waals surface area contributed by atoms with Gasteiger partial charge in [0, 0.05) is 29.9 Å². The molecule has 132 valence electrons. The van der Waals surface area contributed by atoms with Crippen molar-refractivity contribution in [3.63, 3.8) is 0 Å². The van der Waals surface area contributed by atoms with Crippen molar-refractivity contribution in [2.45, 2.75) is 25.6 Å². The minimum atomic E-state index is -3.26. The third-order valence-corrected chi connectivity index (χ3v) is 5.88. The normalized spacial score (nSPS) is 17.2. The SMILES string of the molecule is C=CNc1ccccc1COC1CCN(S(=O)(=O)C/C=C/Cl)CC1. The Hall–Kier alpha value is -1.34. The molecule has 24 heavy (non-hydrogen) atoms. The third-order valence-electron chi connectivity index (χ3n) is 3.94. The van der Waals surface area contributed by atoms with Gasteiger partial charge in [-0.15, -0.1) is 0 Å². The van der Waals surface area contributed by atoms with Crippen LogP contribution < -0.4 is 5.32 Å². The number of hydrogen-bond acceptors (Lipinski definition) is 4. The van der Waals surface area contributed by atoms with E-state index in [1.165, 1.54) is 15.9 Å². The van der Waals surface area contributed by atoms with Crippen LogP contribution >= 0.6 is 11.6 Å². The van der Waals surface area contributed by atoms with Crippen LogP contribution in [0.5, 0.6) is 0 Å². The standard InChI is InChI=1S/C17H23ClN2O3S/c1-2-19-17-7-4-3-6-15(17)14-23-16-8-11-20(12-9-16)24(21,22)13-5-10-18/h2-7,10,16,19H,1,8-9,11-14H2/b10-5+. The molecule has 1 N–H and O–H groups in total. The van der Waals surface area contributed by atoms with Crippen LogP contribution in [0.2, 0.25) is 0 Å². The fraction of sp³-hybridized carbons (Fsp3) is 0.412. The van der Waals surface area contributed by atoms with Crippen molar-refractivity contribution in [3.05, 3.63) is 54.2 Å². The molecular weight excluding hydrogens is 348 g/mol. The predicted molar refractivity (Wildman–Crippen MR) is 98.4 cm³/mol. The van der Waals surface area contributed by atoms with Gasteiger partial charge in [0.25, 0.3) is 0 Å². The lowest BCUT2D eigenvalue weighted by Gasteiger charge is -2.31. The van der Waals surface area contributed by atoms with Gasteiger partial charge in [0.1, 0.15) is 0 Å². The molecule has 0 amide bonds. The van der Waals surface area contributed by atoms with Crippen molar-refractivity contribution >= 4 is 27.3 Å². The lowest BCUT2D eigenvalue weighted by molar-refractivity contribution is 0.0105. The second-order valence-corrected chi connectivity index (χ2v) is 7.82. The van der Waals surface area contributed by atoms with E-state index >= 15 is 0 Å². The average Bonchev–Trinajstić information content (AvgIpc) is 2.60. The molecule has 1 aromatic rings. The molecule has 1 heterocycles. The van der Waals surface area contributed by atoms with Crippen molar-refractivity contribution < 1.29 is 13.2 Å². The number of piperidine rings is 1. The van der Waals surface area contributed by atoms with E-state index in [2.05, 4.69) is 11.9 Å². The van der Waals surface area contributed by atoms with Crippen LogP contribution in [0.3, 0.4) is 0 Å². The van der Waals surface area contributed by atoms with E-state index in [4.69, 9.17) is 16.3 Å². The summed E-state index contributed by atoms with van der Waals surface area (Å²) < 4.78 is 31.7. The molecule has 5 nitrogen and oxygen atoms in total. The van der Waals surface area contributed by atoms with Gasteiger partial charge in [0.15, 0.2) is 0 Å². The Bertz CT molecular complexity index is 668. The molecule has 0 bridgehead atoms. The quantitative estimate of drug-likeness (QED) is 0.762. The number of hydrogen-bond donors (Lipinski definition) is 1. The molecule has 1 aliphatic rings. The largest absolute Gasteiger partial charge is 0.373 e. The molecule has 1 aliphatic heterocycles. The summed E-state index contributed by atoms with van der Waals surface area (Å²) in [5.41, 5.74) is 3.27. The highest BCUT2D eigenvalue weighted by Crippen LogP contribution is 2.21. The van der Waals surface area contributed by atoms with E-state index in [1.54, 1.807) is 6.20 Å². The van der Waals surface area contributed by atoms with Crippen LogP contribution in [0, 0.1) is 0 Å². The van der Waals surface area contributed by atoms with Gasteiger partial charge in [-0.3, -0.25) is 0 Å². The summed E-state index contributed by atoms with van der Waals surface area (Å²) in [6, 6.07) is 7.89. The number of halogens is 1. The van der Waals surface area contributed by atoms with E-state index < -0.39 is 10.0 Å². The summed E-state index contributed by atoms with van der Waals surface area (Å²) in [4.78, 5) is 0. The van der Waals surface area contributed by atoms with E-state index in [0.29, 0.717) is 32.5 Å². The number of para-hydroxylation sites is 1. The van der Waals surface area contributed by atoms with Crippen LogP contribution in [0.4, 0.5) is 5.69 Å². The maximum atomic E-state index is 12.1. The minimum absolute atomic E-state index is 0.0530. The summed E-state index contributed by atoms with van der Waals surface area (Å²) in [5.74, 6) is -0.0530. The molecule has 0 atom stereocenters. The number of ether oxygens (including phenoxy) is 1. The minimum Gasteiger partial charge on any atom is -0.373 e. The summed E-state index contributed by atoms with van der Waals surface area (Å²) >= 11 is 5.41. The maximum Gasteiger partial charge on any atom is 0.217 e. The van der Waals surface area contributed by atoms with Crippen LogP contribution in [-0.4, -0.2) is 37.7 Å². The molecule has 7 heteroatoms. The highest BCUT2D eigenvalue weighted by molar-refractivity contribution is 7.89. The van der Waals surface area contributed by atoms with Gasteiger partial charge >= 0.3 is 0 Å². The monoisotopic (exact) mass is 370 g/mol. The topological polar surface area (TPSA) is 58.6 Å². The zero-order valence-corrected chi connectivity index (χ0v) is 15.1. The zero-order valence-electron chi connectivity index (χ0n) is 13.5.